The fourth-order valence-corrected chi connectivity index (χ4v) is 2.64. The van der Waals surface area contributed by atoms with Crippen molar-refractivity contribution >= 4 is 5.97 Å². The third-order valence-corrected chi connectivity index (χ3v) is 3.72. The summed E-state index contributed by atoms with van der Waals surface area (Å²) in [5.74, 6) is -0.182. The number of hydrogen-bond acceptors (Lipinski definition) is 2. The van der Waals surface area contributed by atoms with Crippen molar-refractivity contribution in [3.05, 3.63) is 29.3 Å². The van der Waals surface area contributed by atoms with Gasteiger partial charge >= 0.3 is 5.97 Å². The lowest BCUT2D eigenvalue weighted by Crippen LogP contribution is -2.24. The Hall–Kier alpha value is -1.51. The van der Waals surface area contributed by atoms with E-state index in [2.05, 4.69) is 41.5 Å². The van der Waals surface area contributed by atoms with Crippen LogP contribution in [-0.2, 0) is 0 Å². The number of hydrogen-bond donors (Lipinski definition) is 1. The number of benzene rings is 1. The number of carboxylic acids is 1. The highest BCUT2D eigenvalue weighted by Gasteiger charge is 2.31. The van der Waals surface area contributed by atoms with Crippen LogP contribution in [0.5, 0.6) is 5.75 Å². The van der Waals surface area contributed by atoms with E-state index in [4.69, 9.17) is 4.74 Å². The van der Waals surface area contributed by atoms with Crippen molar-refractivity contribution in [2.24, 2.45) is 10.8 Å². The molecule has 1 unspecified atom stereocenters. The summed E-state index contributed by atoms with van der Waals surface area (Å²) in [5, 5.41) is 9.19. The lowest BCUT2D eigenvalue weighted by atomic mass is 9.69. The van der Waals surface area contributed by atoms with Crippen molar-refractivity contribution < 1.29 is 14.6 Å². The molecule has 0 aliphatic carbocycles. The van der Waals surface area contributed by atoms with E-state index in [1.807, 2.05) is 12.1 Å². The van der Waals surface area contributed by atoms with Gasteiger partial charge in [-0.05, 0) is 40.9 Å². The van der Waals surface area contributed by atoms with Gasteiger partial charge in [-0.15, -0.1) is 0 Å². The van der Waals surface area contributed by atoms with Crippen LogP contribution in [0.1, 0.15) is 69.8 Å². The van der Waals surface area contributed by atoms with Crippen LogP contribution in [0.15, 0.2) is 18.2 Å². The minimum absolute atomic E-state index is 0.100. The lowest BCUT2D eigenvalue weighted by Gasteiger charge is -2.36. The summed E-state index contributed by atoms with van der Waals surface area (Å²) in [5.41, 5.74) is 1.66. The predicted molar refractivity (Wildman–Crippen MR) is 86.2 cm³/mol. The molecule has 0 radical (unpaired) electrons. The first-order chi connectivity index (χ1) is 9.45. The fraction of sp³-hybridized carbons (Fsp3) is 0.611. The first-order valence-electron chi connectivity index (χ1n) is 7.37. The van der Waals surface area contributed by atoms with Gasteiger partial charge < -0.3 is 9.84 Å². The minimum Gasteiger partial charge on any atom is -0.496 e. The van der Waals surface area contributed by atoms with Crippen LogP contribution < -0.4 is 4.74 Å². The second-order valence-electron chi connectivity index (χ2n) is 7.95. The highest BCUT2D eigenvalue weighted by Crippen LogP contribution is 2.44. The van der Waals surface area contributed by atoms with E-state index in [1.165, 1.54) is 7.11 Å². The highest BCUT2D eigenvalue weighted by molar-refractivity contribution is 5.91. The van der Waals surface area contributed by atoms with Gasteiger partial charge in [-0.25, -0.2) is 4.79 Å². The maximum absolute atomic E-state index is 11.2. The third kappa shape index (κ3) is 4.76. The fourth-order valence-electron chi connectivity index (χ4n) is 2.64. The second-order valence-corrected chi connectivity index (χ2v) is 7.95. The smallest absolute Gasteiger partial charge is 0.339 e. The lowest BCUT2D eigenvalue weighted by molar-refractivity contribution is 0.0693. The van der Waals surface area contributed by atoms with Gasteiger partial charge in [0.25, 0.3) is 0 Å². The molecule has 0 fully saturated rings. The maximum Gasteiger partial charge on any atom is 0.339 e. The molecule has 0 amide bonds. The quantitative estimate of drug-likeness (QED) is 0.853. The van der Waals surface area contributed by atoms with Gasteiger partial charge in [0.2, 0.25) is 0 Å². The molecule has 0 heterocycles. The van der Waals surface area contributed by atoms with E-state index in [0.717, 1.165) is 12.0 Å². The predicted octanol–water partition coefficient (Wildman–Crippen LogP) is 4.96. The molecule has 0 aromatic heterocycles. The Morgan fingerprint density at radius 1 is 1.19 bits per heavy atom. The molecule has 118 valence electrons. The van der Waals surface area contributed by atoms with E-state index in [9.17, 15) is 9.90 Å². The number of carboxylic acid groups (broad SMARTS) is 1. The van der Waals surface area contributed by atoms with Gasteiger partial charge in [0.05, 0.1) is 7.11 Å². The number of carbonyl (C=O) groups is 1. The van der Waals surface area contributed by atoms with Crippen molar-refractivity contribution in [3.8, 4) is 5.75 Å². The normalized spacial score (nSPS) is 13.9. The van der Waals surface area contributed by atoms with Crippen molar-refractivity contribution in [2.45, 2.75) is 53.9 Å². The van der Waals surface area contributed by atoms with Crippen LogP contribution in [0.25, 0.3) is 0 Å². The molecule has 0 saturated heterocycles. The van der Waals surface area contributed by atoms with Gasteiger partial charge in [-0.2, -0.15) is 0 Å². The van der Waals surface area contributed by atoms with E-state index in [0.29, 0.717) is 11.7 Å². The van der Waals surface area contributed by atoms with E-state index < -0.39 is 5.97 Å². The molecule has 0 saturated carbocycles. The molecule has 1 aromatic carbocycles. The zero-order valence-corrected chi connectivity index (χ0v) is 14.3. The number of ether oxygens (including phenoxy) is 1. The third-order valence-electron chi connectivity index (χ3n) is 3.72. The van der Waals surface area contributed by atoms with Crippen LogP contribution in [-0.4, -0.2) is 18.2 Å². The molecule has 0 aliphatic rings. The number of methoxy groups -OCH3 is 1. The van der Waals surface area contributed by atoms with Crippen LogP contribution in [0, 0.1) is 10.8 Å². The molecule has 1 rings (SSSR count). The van der Waals surface area contributed by atoms with E-state index in [1.54, 1.807) is 6.07 Å². The molecule has 1 atom stereocenters. The average molecular weight is 292 g/mol. The van der Waals surface area contributed by atoms with Gasteiger partial charge in [0, 0.05) is 0 Å². The molecule has 21 heavy (non-hydrogen) atoms. The van der Waals surface area contributed by atoms with Gasteiger partial charge in [-0.1, -0.05) is 47.6 Å². The zero-order chi connectivity index (χ0) is 16.4. The maximum atomic E-state index is 11.2. The first kappa shape index (κ1) is 17.5. The molecule has 1 aromatic rings. The Kier molecular flexibility index (Phi) is 5.08. The Bertz CT molecular complexity index is 504. The Morgan fingerprint density at radius 3 is 2.14 bits per heavy atom. The van der Waals surface area contributed by atoms with E-state index in [-0.39, 0.29) is 16.4 Å². The van der Waals surface area contributed by atoms with Gasteiger partial charge in [0.1, 0.15) is 11.3 Å². The summed E-state index contributed by atoms with van der Waals surface area (Å²) in [6.07, 6.45) is 1.03. The van der Waals surface area contributed by atoms with Crippen LogP contribution in [0.2, 0.25) is 0 Å². The van der Waals surface area contributed by atoms with Crippen molar-refractivity contribution in [3.63, 3.8) is 0 Å². The summed E-state index contributed by atoms with van der Waals surface area (Å²) in [4.78, 5) is 11.2. The summed E-state index contributed by atoms with van der Waals surface area (Å²) < 4.78 is 5.26. The van der Waals surface area contributed by atoms with Crippen LogP contribution in [0.4, 0.5) is 0 Å². The van der Waals surface area contributed by atoms with Crippen LogP contribution in [0.3, 0.4) is 0 Å². The molecule has 1 N–H and O–H groups in total. The zero-order valence-electron chi connectivity index (χ0n) is 14.3. The Morgan fingerprint density at radius 2 is 1.76 bits per heavy atom. The van der Waals surface area contributed by atoms with Crippen molar-refractivity contribution in [1.82, 2.24) is 0 Å². The Labute approximate surface area is 128 Å². The van der Waals surface area contributed by atoms with Gasteiger partial charge in [-0.3, -0.25) is 0 Å². The molecule has 0 spiro atoms. The van der Waals surface area contributed by atoms with E-state index >= 15 is 0 Å². The van der Waals surface area contributed by atoms with Gasteiger partial charge in [0.15, 0.2) is 0 Å². The molecule has 3 nitrogen and oxygen atoms in total. The minimum atomic E-state index is -0.957. The topological polar surface area (TPSA) is 46.5 Å². The standard InChI is InChI=1S/C18H28O3/c1-17(2,3)11-14(18(4,5)6)12-8-9-13(16(19)20)15(10-12)21-7/h8-10,14H,11H2,1-7H3,(H,19,20). The molecule has 0 aliphatic heterocycles. The molecule has 3 heteroatoms. The number of aromatic carboxylic acids is 1. The first-order valence-corrected chi connectivity index (χ1v) is 7.37. The van der Waals surface area contributed by atoms with Crippen LogP contribution >= 0.6 is 0 Å². The average Bonchev–Trinajstić information content (AvgIpc) is 2.32. The molecular weight excluding hydrogens is 264 g/mol. The van der Waals surface area contributed by atoms with Crippen molar-refractivity contribution in [1.29, 1.82) is 0 Å². The number of rotatable bonds is 4. The SMILES string of the molecule is COc1cc(C(CC(C)(C)C)C(C)(C)C)ccc1C(=O)O. The Balaban J connectivity index is 3.29. The second kappa shape index (κ2) is 6.08. The van der Waals surface area contributed by atoms with Crippen molar-refractivity contribution in [2.75, 3.05) is 7.11 Å². The monoisotopic (exact) mass is 292 g/mol. The largest absolute Gasteiger partial charge is 0.496 e. The molecular formula is C18H28O3. The highest BCUT2D eigenvalue weighted by atomic mass is 16.5. The summed E-state index contributed by atoms with van der Waals surface area (Å²) in [6, 6.07) is 5.46. The summed E-state index contributed by atoms with van der Waals surface area (Å²) in [6.45, 7) is 13.4. The molecule has 0 bridgehead atoms. The summed E-state index contributed by atoms with van der Waals surface area (Å²) in [7, 11) is 1.52. The summed E-state index contributed by atoms with van der Waals surface area (Å²) >= 11 is 0.